The van der Waals surface area contributed by atoms with Crippen molar-refractivity contribution in [3.05, 3.63) is 22.7 Å². The number of carboxylic acids is 1. The zero-order chi connectivity index (χ0) is 75.1. The second kappa shape index (κ2) is 37.8. The number of aromatic nitrogens is 2. The zero-order valence-electron chi connectivity index (χ0n) is 54.7. The number of phosphoric acid groups is 1. The van der Waals surface area contributed by atoms with Crippen LogP contribution in [-0.4, -0.2) is 333 Å². The molecule has 6 heterocycles. The summed E-state index contributed by atoms with van der Waals surface area (Å²) in [5.41, 5.74) is 4.47. The lowest BCUT2D eigenvalue weighted by Crippen LogP contribution is -2.64. The Kier molecular flexibility index (Phi) is 30.9. The molecular weight excluding hydrogens is 1420 g/mol. The third-order valence-electron chi connectivity index (χ3n) is 17.4. The van der Waals surface area contributed by atoms with Crippen LogP contribution in [0.5, 0.6) is 0 Å². The van der Waals surface area contributed by atoms with Gasteiger partial charge in [0.25, 0.3) is 18.7 Å². The fourth-order valence-corrected chi connectivity index (χ4v) is 14.4. The number of phosphoric ester groups is 1. The molecule has 7 rings (SSSR count). The maximum atomic E-state index is 13.3. The quantitative estimate of drug-likeness (QED) is 0.0127. The van der Waals surface area contributed by atoms with Gasteiger partial charge in [-0.3, -0.25) is 52.3 Å². The SMILES string of the molecule is CO[C@@H]1C(OC=O)C[C@@H](O[C@H]2CC(NC(C)=O)[C@@H](O[C@@H]3C(OC=O)O[C@@H](OCCNC(=O)CCCN4C(=O)CC(SCCCC(=O)NCC(=O)C[C@H]5C([C@H](O)[C@H](O)CO)O[C@](OP(=O)(O)OC[C@H]6O[C@@H](n7ccc(N)nc7=O)C(O)[C@H]6O)(C(=O)O)C[C@H]5O)C4=O)C(O)[C@H]3O)OC2CO)C(O)[C@H]1O. The van der Waals surface area contributed by atoms with Crippen molar-refractivity contribution in [1.29, 1.82) is 0 Å². The molecule has 0 aromatic carbocycles. The Morgan fingerprint density at radius 1 is 0.843 bits per heavy atom. The summed E-state index contributed by atoms with van der Waals surface area (Å²) in [6.45, 7) is -3.22. The van der Waals surface area contributed by atoms with Crippen LogP contribution in [0.25, 0.3) is 0 Å². The van der Waals surface area contributed by atoms with Crippen LogP contribution < -0.4 is 27.4 Å². The lowest BCUT2D eigenvalue weighted by Gasteiger charge is -2.47. The van der Waals surface area contributed by atoms with Gasteiger partial charge in [-0.25, -0.2) is 18.7 Å². The molecule has 5 amide bonds. The number of nitrogens with two attached hydrogens (primary N) is 1. The van der Waals surface area contributed by atoms with E-state index in [-0.39, 0.29) is 89.2 Å². The van der Waals surface area contributed by atoms with E-state index in [2.05, 4.69) is 20.9 Å². The number of nitrogens with zero attached hydrogens (tertiary/aromatic N) is 3. The second-order valence-electron chi connectivity index (χ2n) is 24.5. The van der Waals surface area contributed by atoms with Gasteiger partial charge in [0.1, 0.15) is 79.1 Å². The van der Waals surface area contributed by atoms with E-state index in [4.69, 9.17) is 62.1 Å². The molecule has 6 aliphatic rings. The highest BCUT2D eigenvalue weighted by atomic mass is 32.2. The van der Waals surface area contributed by atoms with Crippen LogP contribution in [0.3, 0.4) is 0 Å². The first-order valence-electron chi connectivity index (χ1n) is 32.0. The number of amides is 5. The van der Waals surface area contributed by atoms with Crippen LogP contribution in [0.15, 0.2) is 17.1 Å². The van der Waals surface area contributed by atoms with Crippen LogP contribution >= 0.6 is 19.6 Å². The van der Waals surface area contributed by atoms with Gasteiger partial charge < -0.3 is 135 Å². The summed E-state index contributed by atoms with van der Waals surface area (Å²) in [5, 5.41) is 135. The number of aliphatic hydroxyl groups excluding tert-OH is 11. The van der Waals surface area contributed by atoms with Gasteiger partial charge in [-0.15, -0.1) is 11.8 Å². The van der Waals surface area contributed by atoms with Gasteiger partial charge in [-0.05, 0) is 24.7 Å². The third kappa shape index (κ3) is 21.2. The van der Waals surface area contributed by atoms with Gasteiger partial charge in [-0.2, -0.15) is 4.98 Å². The molecule has 45 heteroatoms. The normalized spacial score (nSPS) is 35.3. The van der Waals surface area contributed by atoms with E-state index in [0.29, 0.717) is 0 Å². The van der Waals surface area contributed by atoms with Gasteiger partial charge in [-0.1, -0.05) is 0 Å². The highest BCUT2D eigenvalue weighted by molar-refractivity contribution is 8.00. The number of rotatable bonds is 38. The summed E-state index contributed by atoms with van der Waals surface area (Å²) >= 11 is 1.07. The Morgan fingerprint density at radius 3 is 2.20 bits per heavy atom. The number of ketones is 1. The highest BCUT2D eigenvalue weighted by Gasteiger charge is 2.60. The number of carbonyl (C=O) groups is 9. The minimum absolute atomic E-state index is 0.0284. The number of carbonyl (C=O) groups excluding carboxylic acids is 8. The molecule has 0 spiro atoms. The number of aliphatic hydroxyl groups is 11. The summed E-state index contributed by atoms with van der Waals surface area (Å²) < 4.78 is 79.1. The number of nitrogen functional groups attached to an aromatic ring is 1. The minimum atomic E-state index is -5.72. The summed E-state index contributed by atoms with van der Waals surface area (Å²) in [6, 6.07) is 0.0174. The number of nitrogens with one attached hydrogen (secondary N) is 3. The molecule has 0 radical (unpaired) electrons. The molecule has 1 aromatic heterocycles. The molecule has 6 fully saturated rings. The average molecular weight is 1510 g/mol. The zero-order valence-corrected chi connectivity index (χ0v) is 56.4. The van der Waals surface area contributed by atoms with Crippen LogP contribution in [-0.2, 0) is 104 Å². The van der Waals surface area contributed by atoms with Crippen molar-refractivity contribution in [2.24, 2.45) is 5.92 Å². The molecule has 10 unspecified atom stereocenters. The molecule has 18 N–H and O–H groups in total. The lowest BCUT2D eigenvalue weighted by atomic mass is 9.80. The monoisotopic (exact) mass is 1510 g/mol. The fourth-order valence-electron chi connectivity index (χ4n) is 12.3. The maximum Gasteiger partial charge on any atom is 0.475 e. The van der Waals surface area contributed by atoms with E-state index in [0.717, 1.165) is 40.4 Å². The van der Waals surface area contributed by atoms with Crippen molar-refractivity contribution in [2.45, 2.75) is 211 Å². The number of Topliss-reactive ketones (excluding diaryl/α,β-unsaturated/α-hetero) is 1. The van der Waals surface area contributed by atoms with Crippen molar-refractivity contribution in [1.82, 2.24) is 30.4 Å². The predicted octanol–water partition coefficient (Wildman–Crippen LogP) is -9.52. The number of likely N-dealkylation sites (tertiary alicyclic amines) is 1. The summed E-state index contributed by atoms with van der Waals surface area (Å²) in [4.78, 5) is 140. The molecule has 0 bridgehead atoms. The van der Waals surface area contributed by atoms with Gasteiger partial charge >= 0.3 is 19.5 Å². The van der Waals surface area contributed by atoms with Crippen molar-refractivity contribution < 1.29 is 170 Å². The molecule has 1 aromatic rings. The number of ether oxygens (including phenoxy) is 10. The molecule has 576 valence electrons. The highest BCUT2D eigenvalue weighted by Crippen LogP contribution is 2.52. The number of thioether (sulfide) groups is 1. The Morgan fingerprint density at radius 2 is 1.54 bits per heavy atom. The largest absolute Gasteiger partial charge is 0.477 e. The molecule has 26 atom stereocenters. The summed E-state index contributed by atoms with van der Waals surface area (Å²) in [5.74, 6) is -11.0. The van der Waals surface area contributed by atoms with Crippen molar-refractivity contribution in [3.8, 4) is 0 Å². The van der Waals surface area contributed by atoms with Crippen molar-refractivity contribution in [2.75, 3.05) is 64.7 Å². The Bertz CT molecular complexity index is 3150. The van der Waals surface area contributed by atoms with E-state index in [9.17, 15) is 119 Å². The molecular formula is C57H86N7O36PS. The van der Waals surface area contributed by atoms with Crippen molar-refractivity contribution in [3.63, 3.8) is 0 Å². The Labute approximate surface area is 582 Å². The standard InChI is InChI=1S/C57H86N7O36PS/c1-24(69)61-27-14-30(94-31-15-32(91-22-67)48(89-2)43(79)41(31)77)33(20-66)96-52(27)97-49-44(80)46(82)53(98-54(49)92-23-68)90-11-8-59-37(73)5-3-9-63-39(75)16-35(50(63)83)102-12-4-6-38(74)60-18-25(70)13-26-28(71)17-57(55(84)85,99-47(26)40(76)29(72)19-65)100-101(87,88)93-21-34-42(78)45(81)51(95-34)64-10-7-36(58)62-56(64)86/h7,10,22-23,26-35,40-49,51-54,65-66,71-72,76-82H,3-6,8-9,11-21H2,1-2H3,(H,59,73)(H,60,74)(H,61,69)(H,84,85)(H,87,88)(H2,58,62,86)/t26-,27?,28-,29-,30+,31-,32?,33?,34-,35?,40-,41?,42+,43-,44-,45?,46?,47?,48-,49+,51-,52-,53-,54?,57-/m1/s1. The smallest absolute Gasteiger partial charge is 0.475 e. The van der Waals surface area contributed by atoms with E-state index in [1.807, 2.05) is 0 Å². The van der Waals surface area contributed by atoms with Crippen LogP contribution in [0.4, 0.5) is 5.82 Å². The fraction of sp³-hybridized carbons (Fsp3) is 0.772. The summed E-state index contributed by atoms with van der Waals surface area (Å²) in [7, 11) is -4.48. The van der Waals surface area contributed by atoms with Gasteiger partial charge in [0.2, 0.25) is 35.8 Å². The Balaban J connectivity index is 0.797. The first kappa shape index (κ1) is 83.3. The van der Waals surface area contributed by atoms with E-state index < -0.39 is 246 Å². The van der Waals surface area contributed by atoms with Crippen LogP contribution in [0.2, 0.25) is 0 Å². The van der Waals surface area contributed by atoms with Gasteiger partial charge in [0.05, 0.1) is 68.7 Å². The van der Waals surface area contributed by atoms with Crippen molar-refractivity contribution >= 4 is 79.6 Å². The molecule has 1 saturated carbocycles. The number of anilines is 1. The lowest BCUT2D eigenvalue weighted by molar-refractivity contribution is -0.371. The topological polar surface area (TPSA) is 645 Å². The van der Waals surface area contributed by atoms with Gasteiger partial charge in [0, 0.05) is 84.2 Å². The maximum absolute atomic E-state index is 13.3. The van der Waals surface area contributed by atoms with E-state index in [1.54, 1.807) is 0 Å². The second-order valence-corrected chi connectivity index (χ2v) is 27.2. The number of carboxylic acid groups (broad SMARTS) is 1. The first-order chi connectivity index (χ1) is 48.3. The Hall–Kier alpha value is -5.99. The molecule has 102 heavy (non-hydrogen) atoms. The number of methoxy groups -OCH3 is 1. The van der Waals surface area contributed by atoms with Crippen LogP contribution in [0.1, 0.15) is 70.9 Å². The predicted molar refractivity (Wildman–Crippen MR) is 329 cm³/mol. The minimum Gasteiger partial charge on any atom is -0.477 e. The first-order valence-corrected chi connectivity index (χ1v) is 34.5. The van der Waals surface area contributed by atoms with E-state index >= 15 is 0 Å². The molecule has 5 aliphatic heterocycles. The number of hydrogen-bond donors (Lipinski definition) is 17. The van der Waals surface area contributed by atoms with Crippen LogP contribution in [0, 0.1) is 5.92 Å². The number of imide groups is 1. The number of aliphatic carboxylic acids is 1. The average Bonchev–Trinajstić information content (AvgIpc) is 0.996. The van der Waals surface area contributed by atoms with Gasteiger partial charge in [0.15, 0.2) is 30.7 Å². The third-order valence-corrected chi connectivity index (χ3v) is 19.7. The molecule has 5 saturated heterocycles. The van der Waals surface area contributed by atoms with E-state index in [1.165, 1.54) is 7.11 Å². The number of hydrogen-bond acceptors (Lipinski definition) is 37. The molecule has 43 nitrogen and oxygen atoms in total. The molecule has 1 aliphatic carbocycles. The summed E-state index contributed by atoms with van der Waals surface area (Å²) in [6.07, 6.45) is -37.0.